The summed E-state index contributed by atoms with van der Waals surface area (Å²) in [5.41, 5.74) is 2.34. The maximum atomic E-state index is 12.8. The number of carbonyl (C=O) groups is 1. The van der Waals surface area contributed by atoms with Crippen LogP contribution >= 0.6 is 0 Å². The summed E-state index contributed by atoms with van der Waals surface area (Å²) in [6.45, 7) is 4.42. The van der Waals surface area contributed by atoms with Crippen molar-refractivity contribution in [2.75, 3.05) is 26.2 Å². The van der Waals surface area contributed by atoms with E-state index in [1.54, 1.807) is 0 Å². The zero-order chi connectivity index (χ0) is 18.5. The van der Waals surface area contributed by atoms with Crippen molar-refractivity contribution in [3.05, 3.63) is 66.0 Å². The van der Waals surface area contributed by atoms with Crippen molar-refractivity contribution in [1.82, 2.24) is 14.8 Å². The highest BCUT2D eigenvalue weighted by Crippen LogP contribution is 2.28. The minimum absolute atomic E-state index is 0.129. The average Bonchev–Trinajstić information content (AvgIpc) is 3.00. The van der Waals surface area contributed by atoms with Crippen molar-refractivity contribution in [1.29, 1.82) is 0 Å². The molecule has 142 valence electrons. The molecule has 3 aliphatic heterocycles. The lowest BCUT2D eigenvalue weighted by Crippen LogP contribution is -2.48. The van der Waals surface area contributed by atoms with Gasteiger partial charge in [-0.3, -0.25) is 14.7 Å². The fourth-order valence-corrected chi connectivity index (χ4v) is 4.28. The fraction of sp³-hybridized carbons (Fsp3) is 0.455. The summed E-state index contributed by atoms with van der Waals surface area (Å²) < 4.78 is 5.69. The van der Waals surface area contributed by atoms with Gasteiger partial charge in [0.15, 0.2) is 0 Å². The number of pyridine rings is 1. The summed E-state index contributed by atoms with van der Waals surface area (Å²) in [7, 11) is 0. The number of piperidine rings is 1. The summed E-state index contributed by atoms with van der Waals surface area (Å²) in [5.74, 6) is 0.683. The lowest BCUT2D eigenvalue weighted by atomic mass is 9.95. The molecule has 27 heavy (non-hydrogen) atoms. The van der Waals surface area contributed by atoms with Gasteiger partial charge < -0.3 is 9.64 Å². The highest BCUT2D eigenvalue weighted by atomic mass is 16.5. The lowest BCUT2D eigenvalue weighted by molar-refractivity contribution is -0.140. The van der Waals surface area contributed by atoms with E-state index >= 15 is 0 Å². The van der Waals surface area contributed by atoms with E-state index in [-0.39, 0.29) is 12.5 Å². The maximum Gasteiger partial charge on any atom is 0.248 e. The van der Waals surface area contributed by atoms with Gasteiger partial charge in [0, 0.05) is 44.6 Å². The number of fused-ring (bicyclic) bond motifs is 4. The first-order valence-corrected chi connectivity index (χ1v) is 9.80. The molecule has 2 aromatic rings. The van der Waals surface area contributed by atoms with Crippen LogP contribution < -0.4 is 0 Å². The van der Waals surface area contributed by atoms with Crippen molar-refractivity contribution in [3.8, 4) is 0 Å². The Balaban J connectivity index is 1.32. The minimum atomic E-state index is 0.129. The monoisotopic (exact) mass is 365 g/mol. The van der Waals surface area contributed by atoms with E-state index in [9.17, 15) is 4.79 Å². The number of benzene rings is 1. The van der Waals surface area contributed by atoms with Crippen LogP contribution in [0.1, 0.15) is 24.0 Å². The summed E-state index contributed by atoms with van der Waals surface area (Å²) in [5, 5.41) is 0. The first-order valence-electron chi connectivity index (χ1n) is 9.80. The Bertz CT molecular complexity index is 738. The predicted molar refractivity (Wildman–Crippen MR) is 104 cm³/mol. The molecular weight excluding hydrogens is 338 g/mol. The van der Waals surface area contributed by atoms with Crippen LogP contribution in [0.4, 0.5) is 0 Å². The highest BCUT2D eigenvalue weighted by molar-refractivity contribution is 5.78. The van der Waals surface area contributed by atoms with E-state index < -0.39 is 0 Å². The summed E-state index contributed by atoms with van der Waals surface area (Å²) in [6, 6.07) is 14.4. The molecule has 0 spiro atoms. The predicted octanol–water partition coefficient (Wildman–Crippen LogP) is 2.72. The van der Waals surface area contributed by atoms with Crippen molar-refractivity contribution in [2.45, 2.75) is 32.0 Å². The Morgan fingerprint density at radius 1 is 1.04 bits per heavy atom. The topological polar surface area (TPSA) is 45.7 Å². The molecule has 5 nitrogen and oxygen atoms in total. The molecular formula is C22H27N3O2. The van der Waals surface area contributed by atoms with Crippen LogP contribution in [0.5, 0.6) is 0 Å². The van der Waals surface area contributed by atoms with Gasteiger partial charge in [-0.05, 0) is 36.0 Å². The van der Waals surface area contributed by atoms with E-state index in [2.05, 4.69) is 20.9 Å². The number of amides is 1. The molecule has 5 rings (SSSR count). The first kappa shape index (κ1) is 18.1. The summed E-state index contributed by atoms with van der Waals surface area (Å²) in [4.78, 5) is 21.5. The Morgan fingerprint density at radius 3 is 2.70 bits per heavy atom. The van der Waals surface area contributed by atoms with E-state index in [4.69, 9.17) is 4.74 Å². The lowest BCUT2D eigenvalue weighted by Gasteiger charge is -2.36. The number of hydrogen-bond donors (Lipinski definition) is 0. The number of rotatable bonds is 6. The molecule has 0 radical (unpaired) electrons. The summed E-state index contributed by atoms with van der Waals surface area (Å²) >= 11 is 0. The van der Waals surface area contributed by atoms with E-state index in [1.807, 2.05) is 48.8 Å². The Labute approximate surface area is 161 Å². The second kappa shape index (κ2) is 8.63. The largest absolute Gasteiger partial charge is 0.367 e. The Kier molecular flexibility index (Phi) is 5.80. The number of carbonyl (C=O) groups excluding carboxylic acids is 1. The number of aromatic nitrogens is 1. The Hall–Kier alpha value is -2.24. The molecule has 4 heterocycles. The third-order valence-corrected chi connectivity index (χ3v) is 5.58. The third-order valence-electron chi connectivity index (χ3n) is 5.58. The third kappa shape index (κ3) is 4.73. The van der Waals surface area contributed by atoms with Crippen LogP contribution in [0.25, 0.3) is 0 Å². The van der Waals surface area contributed by atoms with Gasteiger partial charge >= 0.3 is 0 Å². The molecule has 3 fully saturated rings. The summed E-state index contributed by atoms with van der Waals surface area (Å²) in [6.07, 6.45) is 6.06. The van der Waals surface area contributed by atoms with Crippen LogP contribution in [-0.2, 0) is 22.7 Å². The normalized spacial score (nSPS) is 22.6. The first-order chi connectivity index (χ1) is 13.3. The van der Waals surface area contributed by atoms with Crippen LogP contribution in [-0.4, -0.2) is 53.0 Å². The van der Waals surface area contributed by atoms with Crippen LogP contribution in [0.2, 0.25) is 0 Å². The van der Waals surface area contributed by atoms with Gasteiger partial charge in [-0.15, -0.1) is 0 Å². The van der Waals surface area contributed by atoms with Gasteiger partial charge in [0.05, 0.1) is 6.61 Å². The zero-order valence-corrected chi connectivity index (χ0v) is 15.7. The van der Waals surface area contributed by atoms with Gasteiger partial charge in [-0.1, -0.05) is 36.4 Å². The molecule has 2 atom stereocenters. The maximum absolute atomic E-state index is 12.8. The van der Waals surface area contributed by atoms with Crippen molar-refractivity contribution in [3.63, 3.8) is 0 Å². The van der Waals surface area contributed by atoms with Gasteiger partial charge in [0.1, 0.15) is 6.61 Å². The van der Waals surface area contributed by atoms with E-state index in [0.717, 1.165) is 38.2 Å². The van der Waals surface area contributed by atoms with E-state index in [0.29, 0.717) is 18.6 Å². The molecule has 3 aliphatic rings. The SMILES string of the molecule is O=C(COCc1ccccc1)N1CC2CCC1CN(Cc1cccnc1)C2. The van der Waals surface area contributed by atoms with Gasteiger partial charge in [0.25, 0.3) is 0 Å². The number of nitrogens with zero attached hydrogens (tertiary/aromatic N) is 3. The Morgan fingerprint density at radius 2 is 1.89 bits per heavy atom. The molecule has 2 unspecified atom stereocenters. The fourth-order valence-electron chi connectivity index (χ4n) is 4.28. The van der Waals surface area contributed by atoms with Gasteiger partial charge in [-0.25, -0.2) is 0 Å². The van der Waals surface area contributed by atoms with Crippen molar-refractivity contribution in [2.24, 2.45) is 5.92 Å². The van der Waals surface area contributed by atoms with Crippen LogP contribution in [0.15, 0.2) is 54.9 Å². The highest BCUT2D eigenvalue weighted by Gasteiger charge is 2.36. The molecule has 1 aromatic heterocycles. The smallest absolute Gasteiger partial charge is 0.248 e. The standard InChI is InChI=1S/C22H27N3O2/c26-22(17-27-16-18-5-2-1-3-6-18)25-14-20-8-9-21(25)15-24(13-20)12-19-7-4-10-23-11-19/h1-7,10-11,20-21H,8-9,12-17H2. The molecule has 1 aromatic carbocycles. The van der Waals surface area contributed by atoms with Crippen LogP contribution in [0.3, 0.4) is 0 Å². The second-order valence-corrected chi connectivity index (χ2v) is 7.68. The second-order valence-electron chi connectivity index (χ2n) is 7.68. The van der Waals surface area contributed by atoms with Crippen molar-refractivity contribution >= 4 is 5.91 Å². The quantitative estimate of drug-likeness (QED) is 0.790. The molecule has 0 N–H and O–H groups in total. The molecule has 3 saturated heterocycles. The molecule has 5 heteroatoms. The van der Waals surface area contributed by atoms with Gasteiger partial charge in [0.2, 0.25) is 5.91 Å². The number of hydrogen-bond acceptors (Lipinski definition) is 4. The average molecular weight is 365 g/mol. The number of ether oxygens (including phenoxy) is 1. The molecule has 2 bridgehead atoms. The zero-order valence-electron chi connectivity index (χ0n) is 15.7. The van der Waals surface area contributed by atoms with Crippen molar-refractivity contribution < 1.29 is 9.53 Å². The molecule has 0 saturated carbocycles. The molecule has 1 amide bonds. The minimum Gasteiger partial charge on any atom is -0.367 e. The molecule has 0 aliphatic carbocycles. The van der Waals surface area contributed by atoms with Crippen LogP contribution in [0, 0.1) is 5.92 Å². The van der Waals surface area contributed by atoms with Gasteiger partial charge in [-0.2, -0.15) is 0 Å². The van der Waals surface area contributed by atoms with E-state index in [1.165, 1.54) is 12.0 Å².